The molecule has 10 heteroatoms. The van der Waals surface area contributed by atoms with Crippen LogP contribution in [0.15, 0.2) is 42.5 Å². The van der Waals surface area contributed by atoms with Crippen molar-refractivity contribution in [3.8, 4) is 5.75 Å². The Hall–Kier alpha value is -2.56. The number of benzene rings is 2. The van der Waals surface area contributed by atoms with Crippen molar-refractivity contribution < 1.29 is 22.3 Å². The number of carbonyl (C=O) groups is 1. The number of rotatable bonds is 6. The van der Waals surface area contributed by atoms with Gasteiger partial charge in [0.1, 0.15) is 27.4 Å². The van der Waals surface area contributed by atoms with Crippen LogP contribution in [0, 0.1) is 5.82 Å². The molecular weight excluding hydrogens is 453 g/mol. The van der Waals surface area contributed by atoms with Gasteiger partial charge in [-0.25, -0.2) is 17.8 Å². The Morgan fingerprint density at radius 3 is 2.75 bits per heavy atom. The van der Waals surface area contributed by atoms with Gasteiger partial charge in [-0.15, -0.1) is 11.3 Å². The van der Waals surface area contributed by atoms with Crippen LogP contribution in [-0.2, 0) is 14.8 Å². The van der Waals surface area contributed by atoms with E-state index in [1.165, 1.54) is 36.5 Å². The van der Waals surface area contributed by atoms with Crippen molar-refractivity contribution in [2.75, 3.05) is 6.54 Å². The molecule has 170 valence electrons. The largest absolute Gasteiger partial charge is 0.487 e. The first-order valence-corrected chi connectivity index (χ1v) is 12.4. The summed E-state index contributed by atoms with van der Waals surface area (Å²) in [5.41, 5.74) is 5.79. The van der Waals surface area contributed by atoms with Gasteiger partial charge in [0.15, 0.2) is 0 Å². The van der Waals surface area contributed by atoms with Crippen LogP contribution in [0.3, 0.4) is 0 Å². The molecule has 1 aromatic heterocycles. The van der Waals surface area contributed by atoms with Gasteiger partial charge in [-0.2, -0.15) is 4.31 Å². The van der Waals surface area contributed by atoms with Crippen LogP contribution in [0.2, 0.25) is 0 Å². The Morgan fingerprint density at radius 2 is 2.06 bits per heavy atom. The highest BCUT2D eigenvalue weighted by Gasteiger charge is 2.44. The maximum absolute atomic E-state index is 14.1. The van der Waals surface area contributed by atoms with Crippen molar-refractivity contribution >= 4 is 37.5 Å². The number of nitrogens with two attached hydrogens (primary N) is 1. The monoisotopic (exact) mass is 477 g/mol. The number of ether oxygens (including phenoxy) is 1. The minimum atomic E-state index is -4.10. The van der Waals surface area contributed by atoms with E-state index in [1.807, 2.05) is 38.1 Å². The van der Waals surface area contributed by atoms with Gasteiger partial charge in [0.2, 0.25) is 15.9 Å². The molecule has 1 aliphatic heterocycles. The number of nitrogens with zero attached hydrogens (tertiary/aromatic N) is 2. The number of sulfonamides is 1. The number of hydrogen-bond donors (Lipinski definition) is 1. The zero-order valence-electron chi connectivity index (χ0n) is 17.9. The Kier molecular flexibility index (Phi) is 5.72. The molecule has 2 unspecified atom stereocenters. The molecule has 2 aromatic carbocycles. The predicted octanol–water partition coefficient (Wildman–Crippen LogP) is 3.92. The summed E-state index contributed by atoms with van der Waals surface area (Å²) < 4.78 is 49.6. The molecule has 0 radical (unpaired) electrons. The lowest BCUT2D eigenvalue weighted by molar-refractivity contribution is -0.118. The topological polar surface area (TPSA) is 103 Å². The number of carbonyl (C=O) groups excluding carboxylic acids is 1. The maximum Gasteiger partial charge on any atom is 0.232 e. The summed E-state index contributed by atoms with van der Waals surface area (Å²) in [4.78, 5) is 16.4. The number of fused-ring (bicyclic) bond motifs is 2. The standard InChI is InChI=1S/C22H24FN3O4S2/c1-13(21-25-16-6-4-5-7-19(16)31-21)32(28,29)26(12-20(24)27)17-11-22(2,3)30-18-9-8-14(23)10-15(17)18/h4-10,13,17H,11-12H2,1-3H3,(H2,24,27). The molecule has 1 aliphatic rings. The van der Waals surface area contributed by atoms with Crippen LogP contribution in [0.4, 0.5) is 4.39 Å². The second-order valence-electron chi connectivity index (χ2n) is 8.48. The number of amides is 1. The SMILES string of the molecule is CC(c1nc2ccccc2s1)S(=O)(=O)N(CC(N)=O)C1CC(C)(C)Oc2ccc(F)cc21. The number of halogens is 1. The van der Waals surface area contributed by atoms with Gasteiger partial charge in [-0.3, -0.25) is 4.79 Å². The van der Waals surface area contributed by atoms with E-state index in [0.29, 0.717) is 21.8 Å². The second kappa shape index (κ2) is 8.09. The molecule has 0 saturated carbocycles. The molecule has 3 aromatic rings. The van der Waals surface area contributed by atoms with Crippen LogP contribution < -0.4 is 10.5 Å². The maximum atomic E-state index is 14.1. The first kappa shape index (κ1) is 22.6. The lowest BCUT2D eigenvalue weighted by Crippen LogP contribution is -2.47. The fraction of sp³-hybridized carbons (Fsp3) is 0.364. The predicted molar refractivity (Wildman–Crippen MR) is 121 cm³/mol. The van der Waals surface area contributed by atoms with Crippen LogP contribution >= 0.6 is 11.3 Å². The van der Waals surface area contributed by atoms with Crippen molar-refractivity contribution in [1.29, 1.82) is 0 Å². The van der Waals surface area contributed by atoms with Gasteiger partial charge < -0.3 is 10.5 Å². The van der Waals surface area contributed by atoms with Gasteiger partial charge in [-0.1, -0.05) is 12.1 Å². The van der Waals surface area contributed by atoms with Crippen molar-refractivity contribution in [1.82, 2.24) is 9.29 Å². The average molecular weight is 478 g/mol. The zero-order valence-corrected chi connectivity index (χ0v) is 19.5. The summed E-state index contributed by atoms with van der Waals surface area (Å²) >= 11 is 1.29. The molecule has 0 saturated heterocycles. The zero-order chi connectivity index (χ0) is 23.3. The van der Waals surface area contributed by atoms with E-state index in [2.05, 4.69) is 4.98 Å². The van der Waals surface area contributed by atoms with Crippen LogP contribution in [-0.4, -0.2) is 35.8 Å². The van der Waals surface area contributed by atoms with Crippen LogP contribution in [0.5, 0.6) is 5.75 Å². The van der Waals surface area contributed by atoms with E-state index in [0.717, 1.165) is 9.01 Å². The van der Waals surface area contributed by atoms with E-state index >= 15 is 0 Å². The summed E-state index contributed by atoms with van der Waals surface area (Å²) in [7, 11) is -4.10. The van der Waals surface area contributed by atoms with E-state index in [1.54, 1.807) is 0 Å². The van der Waals surface area contributed by atoms with Crippen LogP contribution in [0.25, 0.3) is 10.2 Å². The van der Waals surface area contributed by atoms with E-state index in [9.17, 15) is 17.6 Å². The molecule has 0 spiro atoms. The molecule has 32 heavy (non-hydrogen) atoms. The Balaban J connectivity index is 1.81. The molecule has 2 atom stereocenters. The molecule has 4 rings (SSSR count). The van der Waals surface area contributed by atoms with Crippen molar-refractivity contribution in [2.45, 2.75) is 44.1 Å². The van der Waals surface area contributed by atoms with E-state index in [4.69, 9.17) is 10.5 Å². The highest BCUT2D eigenvalue weighted by atomic mass is 32.2. The van der Waals surface area contributed by atoms with Gasteiger partial charge in [0.25, 0.3) is 0 Å². The number of para-hydroxylation sites is 1. The number of thiazole rings is 1. The molecule has 2 heterocycles. The smallest absolute Gasteiger partial charge is 0.232 e. The van der Waals surface area contributed by atoms with Gasteiger partial charge in [-0.05, 0) is 51.1 Å². The van der Waals surface area contributed by atoms with E-state index in [-0.39, 0.29) is 6.42 Å². The fourth-order valence-corrected chi connectivity index (χ4v) is 6.94. The summed E-state index contributed by atoms with van der Waals surface area (Å²) in [5, 5.41) is -0.617. The van der Waals surface area contributed by atoms with Crippen molar-refractivity contribution in [3.05, 3.63) is 58.9 Å². The third kappa shape index (κ3) is 4.22. The first-order valence-electron chi connectivity index (χ1n) is 10.1. The van der Waals surface area contributed by atoms with Gasteiger partial charge in [0, 0.05) is 12.0 Å². The number of aromatic nitrogens is 1. The molecular formula is C22H24FN3O4S2. The van der Waals surface area contributed by atoms with Crippen molar-refractivity contribution in [2.24, 2.45) is 5.73 Å². The average Bonchev–Trinajstić information content (AvgIpc) is 3.14. The van der Waals surface area contributed by atoms with E-state index < -0.39 is 45.2 Å². The third-order valence-corrected chi connectivity index (χ3v) is 9.02. The molecule has 1 amide bonds. The molecule has 0 fully saturated rings. The molecule has 7 nitrogen and oxygen atoms in total. The summed E-state index contributed by atoms with van der Waals surface area (Å²) in [6.45, 7) is 4.64. The highest BCUT2D eigenvalue weighted by Crippen LogP contribution is 2.45. The Morgan fingerprint density at radius 1 is 1.34 bits per heavy atom. The second-order valence-corrected chi connectivity index (χ2v) is 11.8. The molecule has 0 aliphatic carbocycles. The van der Waals surface area contributed by atoms with Crippen molar-refractivity contribution in [3.63, 3.8) is 0 Å². The minimum Gasteiger partial charge on any atom is -0.487 e. The fourth-order valence-electron chi connectivity index (χ4n) is 3.97. The Bertz CT molecular complexity index is 1260. The summed E-state index contributed by atoms with van der Waals surface area (Å²) in [6, 6.07) is 10.5. The Labute approximate surface area is 190 Å². The summed E-state index contributed by atoms with van der Waals surface area (Å²) in [5.74, 6) is -0.940. The lowest BCUT2D eigenvalue weighted by atomic mass is 9.89. The first-order chi connectivity index (χ1) is 15.0. The summed E-state index contributed by atoms with van der Waals surface area (Å²) in [6.07, 6.45) is 0.225. The highest BCUT2D eigenvalue weighted by molar-refractivity contribution is 7.89. The van der Waals surface area contributed by atoms with Gasteiger partial charge in [0.05, 0.1) is 22.8 Å². The third-order valence-electron chi connectivity index (χ3n) is 5.49. The normalized spacial score (nSPS) is 18.8. The van der Waals surface area contributed by atoms with Gasteiger partial charge >= 0.3 is 0 Å². The quantitative estimate of drug-likeness (QED) is 0.580. The molecule has 0 bridgehead atoms. The lowest BCUT2D eigenvalue weighted by Gasteiger charge is -2.42. The number of primary amides is 1. The molecule has 2 N–H and O–H groups in total. The minimum absolute atomic E-state index is 0.225. The number of hydrogen-bond acceptors (Lipinski definition) is 6. The van der Waals surface area contributed by atoms with Crippen LogP contribution in [0.1, 0.15) is 49.1 Å².